The van der Waals surface area contributed by atoms with Crippen molar-refractivity contribution >= 4 is 32.6 Å². The third-order valence-corrected chi connectivity index (χ3v) is 6.68. The highest BCUT2D eigenvalue weighted by molar-refractivity contribution is 7.22. The minimum atomic E-state index is 0.0560. The van der Waals surface area contributed by atoms with Gasteiger partial charge < -0.3 is 24.0 Å². The summed E-state index contributed by atoms with van der Waals surface area (Å²) in [6.45, 7) is 5.63. The number of hydrogen-bond donors (Lipinski definition) is 0. The molecule has 0 radical (unpaired) electrons. The normalized spacial score (nSPS) is 14.0. The Morgan fingerprint density at radius 2 is 1.78 bits per heavy atom. The van der Waals surface area contributed by atoms with Crippen molar-refractivity contribution in [3.8, 4) is 17.2 Å². The monoisotopic (exact) mass is 455 g/mol. The Bertz CT molecular complexity index is 1060. The molecule has 1 aromatic heterocycles. The van der Waals surface area contributed by atoms with Crippen LogP contribution in [0.5, 0.6) is 17.2 Å². The summed E-state index contributed by atoms with van der Waals surface area (Å²) >= 11 is 1.63. The van der Waals surface area contributed by atoms with Crippen LogP contribution >= 0.6 is 11.3 Å². The van der Waals surface area contributed by atoms with E-state index in [1.54, 1.807) is 25.6 Å². The van der Waals surface area contributed by atoms with E-state index in [1.165, 1.54) is 0 Å². The standard InChI is InChI=1S/C24H29N3O4S/c1-4-5-16-31-18-8-6-17(7-9-18)23(28)26-12-14-27(15-13-26)24-25-21-20(32-24)11-10-19(29-2)22(21)30-3/h6-11H,4-5,12-16H2,1-3H3. The van der Waals surface area contributed by atoms with Crippen molar-refractivity contribution in [3.63, 3.8) is 0 Å². The van der Waals surface area contributed by atoms with Gasteiger partial charge in [-0.25, -0.2) is 4.98 Å². The van der Waals surface area contributed by atoms with Crippen molar-refractivity contribution in [2.45, 2.75) is 19.8 Å². The maximum atomic E-state index is 12.9. The lowest BCUT2D eigenvalue weighted by molar-refractivity contribution is 0.0746. The minimum Gasteiger partial charge on any atom is -0.494 e. The van der Waals surface area contributed by atoms with Crippen LogP contribution in [0.4, 0.5) is 5.13 Å². The predicted molar refractivity (Wildman–Crippen MR) is 128 cm³/mol. The second-order valence-corrected chi connectivity index (χ2v) is 8.66. The SMILES string of the molecule is CCCCOc1ccc(C(=O)N2CCN(c3nc4c(OC)c(OC)ccc4s3)CC2)cc1. The fraction of sp³-hybridized carbons (Fsp3) is 0.417. The average Bonchev–Trinajstić information content (AvgIpc) is 3.28. The van der Waals surface area contributed by atoms with Crippen molar-refractivity contribution in [2.75, 3.05) is 51.9 Å². The Morgan fingerprint density at radius 3 is 2.44 bits per heavy atom. The number of aromatic nitrogens is 1. The van der Waals surface area contributed by atoms with Gasteiger partial charge in [0.05, 0.1) is 25.5 Å². The molecule has 0 spiro atoms. The van der Waals surface area contributed by atoms with Gasteiger partial charge in [0.15, 0.2) is 16.6 Å². The number of fused-ring (bicyclic) bond motifs is 1. The molecule has 1 amide bonds. The molecule has 3 aromatic rings. The first-order valence-corrected chi connectivity index (χ1v) is 11.7. The van der Waals surface area contributed by atoms with Crippen molar-refractivity contribution in [1.82, 2.24) is 9.88 Å². The maximum Gasteiger partial charge on any atom is 0.253 e. The molecule has 4 rings (SSSR count). The molecule has 32 heavy (non-hydrogen) atoms. The fourth-order valence-corrected chi connectivity index (χ4v) is 4.76. The van der Waals surface area contributed by atoms with Crippen LogP contribution in [0.15, 0.2) is 36.4 Å². The van der Waals surface area contributed by atoms with Crippen LogP contribution in [-0.4, -0.2) is 62.8 Å². The molecule has 1 fully saturated rings. The molecule has 7 nitrogen and oxygen atoms in total. The van der Waals surface area contributed by atoms with Crippen molar-refractivity contribution < 1.29 is 19.0 Å². The van der Waals surface area contributed by atoms with Crippen LogP contribution < -0.4 is 19.1 Å². The van der Waals surface area contributed by atoms with Crippen molar-refractivity contribution in [3.05, 3.63) is 42.0 Å². The molecule has 0 unspecified atom stereocenters. The zero-order valence-electron chi connectivity index (χ0n) is 18.8. The van der Waals surface area contributed by atoms with E-state index >= 15 is 0 Å². The van der Waals surface area contributed by atoms with E-state index in [4.69, 9.17) is 19.2 Å². The molecule has 1 saturated heterocycles. The van der Waals surface area contributed by atoms with Crippen LogP contribution in [0, 0.1) is 0 Å². The molecule has 0 atom stereocenters. The summed E-state index contributed by atoms with van der Waals surface area (Å²) in [7, 11) is 3.25. The molecule has 0 saturated carbocycles. The fourth-order valence-electron chi connectivity index (χ4n) is 3.74. The molecular formula is C24H29N3O4S. The lowest BCUT2D eigenvalue weighted by Gasteiger charge is -2.34. The van der Waals surface area contributed by atoms with Gasteiger partial charge in [-0.15, -0.1) is 0 Å². The van der Waals surface area contributed by atoms with Crippen molar-refractivity contribution in [1.29, 1.82) is 0 Å². The summed E-state index contributed by atoms with van der Waals surface area (Å²) in [6.07, 6.45) is 2.13. The highest BCUT2D eigenvalue weighted by atomic mass is 32.1. The van der Waals surface area contributed by atoms with Gasteiger partial charge in [-0.3, -0.25) is 4.79 Å². The van der Waals surface area contributed by atoms with E-state index in [2.05, 4.69) is 11.8 Å². The largest absolute Gasteiger partial charge is 0.494 e. The van der Waals surface area contributed by atoms with Crippen molar-refractivity contribution in [2.24, 2.45) is 0 Å². The number of carbonyl (C=O) groups excluding carboxylic acids is 1. The van der Waals surface area contributed by atoms with Gasteiger partial charge in [-0.05, 0) is 42.8 Å². The maximum absolute atomic E-state index is 12.9. The quantitative estimate of drug-likeness (QED) is 0.468. The Morgan fingerprint density at radius 1 is 1.03 bits per heavy atom. The molecular weight excluding hydrogens is 426 g/mol. The summed E-state index contributed by atoms with van der Waals surface area (Å²) in [6, 6.07) is 11.4. The number of rotatable bonds is 8. The number of carbonyl (C=O) groups is 1. The average molecular weight is 456 g/mol. The van der Waals surface area contributed by atoms with Gasteiger partial charge in [0.25, 0.3) is 5.91 Å². The highest BCUT2D eigenvalue weighted by Crippen LogP contribution is 2.40. The molecule has 8 heteroatoms. The number of nitrogens with zero attached hydrogens (tertiary/aromatic N) is 3. The number of thiazole rings is 1. The summed E-state index contributed by atoms with van der Waals surface area (Å²) in [5, 5.41) is 0.937. The Hall–Kier alpha value is -3.00. The summed E-state index contributed by atoms with van der Waals surface area (Å²) < 4.78 is 17.7. The van der Waals surface area contributed by atoms with Crippen LogP contribution in [-0.2, 0) is 0 Å². The van der Waals surface area contributed by atoms with E-state index in [-0.39, 0.29) is 5.91 Å². The topological polar surface area (TPSA) is 64.1 Å². The molecule has 2 aromatic carbocycles. The Labute approximate surface area is 192 Å². The van der Waals surface area contributed by atoms with Gasteiger partial charge in [0.1, 0.15) is 11.3 Å². The lowest BCUT2D eigenvalue weighted by Crippen LogP contribution is -2.48. The summed E-state index contributed by atoms with van der Waals surface area (Å²) in [5.41, 5.74) is 1.50. The van der Waals surface area contributed by atoms with Gasteiger partial charge in [0, 0.05) is 31.7 Å². The molecule has 0 bridgehead atoms. The zero-order valence-corrected chi connectivity index (χ0v) is 19.6. The van der Waals surface area contributed by atoms with Gasteiger partial charge in [0.2, 0.25) is 0 Å². The zero-order chi connectivity index (χ0) is 22.5. The summed E-state index contributed by atoms with van der Waals surface area (Å²) in [4.78, 5) is 21.9. The van der Waals surface area contributed by atoms with Gasteiger partial charge in [-0.1, -0.05) is 24.7 Å². The Kier molecular flexibility index (Phi) is 6.99. The number of methoxy groups -OCH3 is 2. The molecule has 0 N–H and O–H groups in total. The molecule has 1 aliphatic rings. The van der Waals surface area contributed by atoms with E-state index in [0.717, 1.165) is 47.0 Å². The van der Waals surface area contributed by atoms with Gasteiger partial charge >= 0.3 is 0 Å². The first-order valence-electron chi connectivity index (χ1n) is 10.9. The smallest absolute Gasteiger partial charge is 0.253 e. The molecule has 1 aliphatic heterocycles. The van der Waals surface area contributed by atoms with Crippen LogP contribution in [0.3, 0.4) is 0 Å². The number of anilines is 1. The second kappa shape index (κ2) is 10.1. The minimum absolute atomic E-state index is 0.0560. The molecule has 0 aliphatic carbocycles. The number of amides is 1. The molecule has 170 valence electrons. The first-order chi connectivity index (χ1) is 15.6. The van der Waals surface area contributed by atoms with E-state index < -0.39 is 0 Å². The molecule has 2 heterocycles. The third-order valence-electron chi connectivity index (χ3n) is 5.60. The Balaban J connectivity index is 1.39. The third kappa shape index (κ3) is 4.60. The number of piperazine rings is 1. The number of ether oxygens (including phenoxy) is 3. The van der Waals surface area contributed by atoms with E-state index in [0.29, 0.717) is 36.8 Å². The van der Waals surface area contributed by atoms with Crippen LogP contribution in [0.1, 0.15) is 30.1 Å². The second-order valence-electron chi connectivity index (χ2n) is 7.65. The number of hydrogen-bond acceptors (Lipinski definition) is 7. The van der Waals surface area contributed by atoms with Gasteiger partial charge in [-0.2, -0.15) is 0 Å². The van der Waals surface area contributed by atoms with Crippen LogP contribution in [0.25, 0.3) is 10.2 Å². The number of unbranched alkanes of at least 4 members (excludes halogenated alkanes) is 1. The lowest BCUT2D eigenvalue weighted by atomic mass is 10.1. The van der Waals surface area contributed by atoms with E-state index in [1.807, 2.05) is 41.3 Å². The summed E-state index contributed by atoms with van der Waals surface area (Å²) in [5.74, 6) is 2.20. The highest BCUT2D eigenvalue weighted by Gasteiger charge is 2.25. The predicted octanol–water partition coefficient (Wildman–Crippen LogP) is 4.45. The van der Waals surface area contributed by atoms with Crippen LogP contribution in [0.2, 0.25) is 0 Å². The first kappa shape index (κ1) is 22.2. The number of benzene rings is 2. The van der Waals surface area contributed by atoms with E-state index in [9.17, 15) is 4.79 Å².